The molecule has 5 nitrogen and oxygen atoms in total. The first-order chi connectivity index (χ1) is 10.2. The fourth-order valence-corrected chi connectivity index (χ4v) is 3.34. The van der Waals surface area contributed by atoms with Crippen LogP contribution in [0, 0.1) is 6.92 Å². The number of imidazole rings is 1. The average Bonchev–Trinajstić information content (AvgIpc) is 2.75. The van der Waals surface area contributed by atoms with Crippen LogP contribution in [0.5, 0.6) is 0 Å². The van der Waals surface area contributed by atoms with E-state index in [-0.39, 0.29) is 6.09 Å². The molecule has 1 aliphatic rings. The van der Waals surface area contributed by atoms with Crippen LogP contribution in [0.1, 0.15) is 32.2 Å². The van der Waals surface area contributed by atoms with Crippen LogP contribution in [0.15, 0.2) is 16.6 Å². The van der Waals surface area contributed by atoms with E-state index < -0.39 is 5.60 Å². The zero-order valence-corrected chi connectivity index (χ0v) is 14.9. The van der Waals surface area contributed by atoms with E-state index in [9.17, 15) is 4.79 Å². The van der Waals surface area contributed by atoms with E-state index in [1.165, 1.54) is 5.56 Å². The second kappa shape index (κ2) is 5.26. The molecule has 0 saturated heterocycles. The third-order valence-corrected chi connectivity index (χ3v) is 4.21. The summed E-state index contributed by atoms with van der Waals surface area (Å²) in [6.45, 7) is 9.56. The summed E-state index contributed by atoms with van der Waals surface area (Å²) >= 11 is 3.58. The first-order valence-electron chi connectivity index (χ1n) is 7.38. The predicted octanol–water partition coefficient (Wildman–Crippen LogP) is 3.86. The summed E-state index contributed by atoms with van der Waals surface area (Å²) in [6, 6.07) is 4.20. The highest BCUT2D eigenvalue weighted by atomic mass is 79.9. The van der Waals surface area contributed by atoms with Gasteiger partial charge in [0.25, 0.3) is 0 Å². The van der Waals surface area contributed by atoms with Gasteiger partial charge in [-0.2, -0.15) is 0 Å². The molecule has 0 spiro atoms. The number of aromatic nitrogens is 2. The van der Waals surface area contributed by atoms with Crippen LogP contribution >= 0.6 is 15.9 Å². The number of carbonyl (C=O) groups excluding carboxylic acids is 1. The molecule has 3 rings (SSSR count). The van der Waals surface area contributed by atoms with Gasteiger partial charge < -0.3 is 9.30 Å². The number of fused-ring (bicyclic) bond motifs is 3. The summed E-state index contributed by atoms with van der Waals surface area (Å²) in [7, 11) is 0. The van der Waals surface area contributed by atoms with Gasteiger partial charge in [0.1, 0.15) is 16.9 Å². The van der Waals surface area contributed by atoms with Crippen molar-refractivity contribution in [1.82, 2.24) is 14.5 Å². The van der Waals surface area contributed by atoms with E-state index in [0.29, 0.717) is 13.1 Å². The van der Waals surface area contributed by atoms with E-state index in [2.05, 4.69) is 44.5 Å². The minimum absolute atomic E-state index is 0.277. The van der Waals surface area contributed by atoms with Crippen molar-refractivity contribution in [3.8, 4) is 0 Å². The third kappa shape index (κ3) is 2.84. The standard InChI is InChI=1S/C16H20BrN3O2/c1-10-7-11(17)14-12(8-10)20-6-5-19(9-13(20)18-14)15(21)22-16(2,3)4/h7-8H,5-6,9H2,1-4H3. The summed E-state index contributed by atoms with van der Waals surface area (Å²) in [4.78, 5) is 18.6. The van der Waals surface area contributed by atoms with Crippen LogP contribution in [0.2, 0.25) is 0 Å². The third-order valence-electron chi connectivity index (χ3n) is 3.61. The largest absolute Gasteiger partial charge is 0.444 e. The van der Waals surface area contributed by atoms with Gasteiger partial charge in [0.2, 0.25) is 0 Å². The molecule has 0 radical (unpaired) electrons. The summed E-state index contributed by atoms with van der Waals surface area (Å²) in [5, 5.41) is 0. The van der Waals surface area contributed by atoms with Gasteiger partial charge in [0.15, 0.2) is 0 Å². The van der Waals surface area contributed by atoms with Gasteiger partial charge in [0.05, 0.1) is 12.1 Å². The lowest BCUT2D eigenvalue weighted by atomic mass is 10.2. The van der Waals surface area contributed by atoms with Crippen LogP contribution in [-0.2, 0) is 17.8 Å². The molecule has 0 aliphatic carbocycles. The van der Waals surface area contributed by atoms with Crippen molar-refractivity contribution in [1.29, 1.82) is 0 Å². The molecule has 0 atom stereocenters. The van der Waals surface area contributed by atoms with Crippen LogP contribution in [0.25, 0.3) is 11.0 Å². The van der Waals surface area contributed by atoms with E-state index in [4.69, 9.17) is 4.74 Å². The van der Waals surface area contributed by atoms with Gasteiger partial charge in [-0.15, -0.1) is 0 Å². The molecule has 0 bridgehead atoms. The normalized spacial score (nSPS) is 15.0. The first kappa shape index (κ1) is 15.3. The Labute approximate surface area is 138 Å². The maximum Gasteiger partial charge on any atom is 0.410 e. The molecule has 2 heterocycles. The number of carbonyl (C=O) groups is 1. The van der Waals surface area contributed by atoms with Crippen molar-refractivity contribution in [3.63, 3.8) is 0 Å². The van der Waals surface area contributed by atoms with Crippen LogP contribution in [0.3, 0.4) is 0 Å². The summed E-state index contributed by atoms with van der Waals surface area (Å²) in [5.41, 5.74) is 2.78. The van der Waals surface area contributed by atoms with E-state index in [1.807, 2.05) is 20.8 Å². The highest BCUT2D eigenvalue weighted by Crippen LogP contribution is 2.28. The molecule has 2 aromatic rings. The van der Waals surface area contributed by atoms with Crippen molar-refractivity contribution in [2.75, 3.05) is 6.54 Å². The van der Waals surface area contributed by atoms with Gasteiger partial charge in [-0.1, -0.05) is 0 Å². The fourth-order valence-electron chi connectivity index (χ4n) is 2.68. The van der Waals surface area contributed by atoms with Crippen molar-refractivity contribution in [2.24, 2.45) is 0 Å². The van der Waals surface area contributed by atoms with Gasteiger partial charge in [-0.05, 0) is 61.3 Å². The smallest absolute Gasteiger partial charge is 0.410 e. The van der Waals surface area contributed by atoms with Crippen LogP contribution < -0.4 is 0 Å². The van der Waals surface area contributed by atoms with Gasteiger partial charge in [-0.25, -0.2) is 9.78 Å². The Kier molecular flexibility index (Phi) is 3.67. The number of aryl methyl sites for hydroxylation is 1. The second-order valence-corrected chi connectivity index (χ2v) is 7.55. The minimum atomic E-state index is -0.477. The lowest BCUT2D eigenvalue weighted by Gasteiger charge is -2.30. The van der Waals surface area contributed by atoms with Crippen molar-refractivity contribution in [3.05, 3.63) is 28.0 Å². The number of hydrogen-bond donors (Lipinski definition) is 0. The summed E-state index contributed by atoms with van der Waals surface area (Å²) in [5.74, 6) is 0.901. The molecule has 118 valence electrons. The quantitative estimate of drug-likeness (QED) is 0.711. The molecule has 1 aromatic heterocycles. The monoisotopic (exact) mass is 365 g/mol. The molecule has 1 aliphatic heterocycles. The molecular formula is C16H20BrN3O2. The number of rotatable bonds is 0. The molecule has 1 aromatic carbocycles. The number of nitrogens with zero attached hydrogens (tertiary/aromatic N) is 3. The van der Waals surface area contributed by atoms with Gasteiger partial charge in [-0.3, -0.25) is 4.90 Å². The number of ether oxygens (including phenoxy) is 1. The van der Waals surface area contributed by atoms with Crippen molar-refractivity contribution in [2.45, 2.75) is 46.4 Å². The number of hydrogen-bond acceptors (Lipinski definition) is 3. The number of amides is 1. The van der Waals surface area contributed by atoms with E-state index >= 15 is 0 Å². The fraction of sp³-hybridized carbons (Fsp3) is 0.500. The molecule has 22 heavy (non-hydrogen) atoms. The Morgan fingerprint density at radius 3 is 2.73 bits per heavy atom. The molecule has 0 saturated carbocycles. The Bertz CT molecular complexity index is 746. The minimum Gasteiger partial charge on any atom is -0.444 e. The highest BCUT2D eigenvalue weighted by Gasteiger charge is 2.27. The SMILES string of the molecule is Cc1cc(Br)c2nc3n(c2c1)CCN(C(=O)OC(C)(C)C)C3. The number of benzene rings is 1. The maximum atomic E-state index is 12.2. The zero-order chi connectivity index (χ0) is 16.1. The molecule has 6 heteroatoms. The molecule has 0 N–H and O–H groups in total. The first-order valence-corrected chi connectivity index (χ1v) is 8.17. The van der Waals surface area contributed by atoms with E-state index in [0.717, 1.165) is 27.9 Å². The molecule has 0 unspecified atom stereocenters. The maximum absolute atomic E-state index is 12.2. The van der Waals surface area contributed by atoms with Crippen molar-refractivity contribution < 1.29 is 9.53 Å². The summed E-state index contributed by atoms with van der Waals surface area (Å²) in [6.07, 6.45) is -0.277. The lowest BCUT2D eigenvalue weighted by Crippen LogP contribution is -2.41. The second-order valence-electron chi connectivity index (χ2n) is 6.70. The zero-order valence-electron chi connectivity index (χ0n) is 13.3. The number of halogens is 1. The predicted molar refractivity (Wildman–Crippen MR) is 88.8 cm³/mol. The average molecular weight is 366 g/mol. The molecular weight excluding hydrogens is 346 g/mol. The highest BCUT2D eigenvalue weighted by molar-refractivity contribution is 9.10. The van der Waals surface area contributed by atoms with Crippen molar-refractivity contribution >= 4 is 33.1 Å². The Morgan fingerprint density at radius 1 is 1.32 bits per heavy atom. The Hall–Kier alpha value is -1.56. The molecule has 0 fully saturated rings. The Balaban J connectivity index is 1.91. The molecule has 1 amide bonds. The summed E-state index contributed by atoms with van der Waals surface area (Å²) < 4.78 is 8.63. The lowest BCUT2D eigenvalue weighted by molar-refractivity contribution is 0.0197. The Morgan fingerprint density at radius 2 is 2.05 bits per heavy atom. The van der Waals surface area contributed by atoms with Gasteiger partial charge >= 0.3 is 6.09 Å². The van der Waals surface area contributed by atoms with Crippen LogP contribution in [-0.4, -0.2) is 32.7 Å². The van der Waals surface area contributed by atoms with Gasteiger partial charge in [0, 0.05) is 17.6 Å². The topological polar surface area (TPSA) is 47.4 Å². The van der Waals surface area contributed by atoms with Crippen LogP contribution in [0.4, 0.5) is 4.79 Å². The van der Waals surface area contributed by atoms with E-state index in [1.54, 1.807) is 4.90 Å².